The number of benzene rings is 3. The fourth-order valence-corrected chi connectivity index (χ4v) is 3.51. The zero-order valence-corrected chi connectivity index (χ0v) is 15.8. The van der Waals surface area contributed by atoms with Gasteiger partial charge in [0.1, 0.15) is 5.75 Å². The topological polar surface area (TPSA) is 38.3 Å². The van der Waals surface area contributed by atoms with Crippen molar-refractivity contribution in [3.8, 4) is 5.75 Å². The summed E-state index contributed by atoms with van der Waals surface area (Å²) in [5.41, 5.74) is 2.43. The molecule has 5 heteroatoms. The summed E-state index contributed by atoms with van der Waals surface area (Å²) < 4.78 is 5.10. The molecule has 3 rings (SSSR count). The minimum absolute atomic E-state index is 0.207. The van der Waals surface area contributed by atoms with Gasteiger partial charge in [0.05, 0.1) is 12.1 Å². The van der Waals surface area contributed by atoms with Gasteiger partial charge in [0.15, 0.2) is 0 Å². The molecular weight excluding hydrogens is 366 g/mol. The van der Waals surface area contributed by atoms with E-state index in [0.29, 0.717) is 16.3 Å². The number of methoxy groups -OCH3 is 1. The maximum atomic E-state index is 12.3. The van der Waals surface area contributed by atoms with Gasteiger partial charge in [-0.1, -0.05) is 41.9 Å². The fourth-order valence-electron chi connectivity index (χ4n) is 2.38. The summed E-state index contributed by atoms with van der Waals surface area (Å²) >= 11 is 7.86. The number of amides is 1. The van der Waals surface area contributed by atoms with Crippen LogP contribution in [0, 0.1) is 0 Å². The third-order valence-corrected chi connectivity index (χ3v) is 5.15. The molecule has 0 aliphatic heterocycles. The lowest BCUT2D eigenvalue weighted by atomic mass is 10.2. The molecule has 0 aliphatic carbocycles. The highest BCUT2D eigenvalue weighted by atomic mass is 35.5. The number of carbonyl (C=O) groups is 1. The molecule has 0 spiro atoms. The van der Waals surface area contributed by atoms with Crippen LogP contribution in [0.4, 0.5) is 5.69 Å². The molecule has 0 atom stereocenters. The molecule has 0 bridgehead atoms. The molecule has 0 aromatic heterocycles. The van der Waals surface area contributed by atoms with Gasteiger partial charge in [-0.2, -0.15) is 0 Å². The molecule has 0 saturated heterocycles. The van der Waals surface area contributed by atoms with Crippen LogP contribution in [0.1, 0.15) is 15.9 Å². The molecule has 1 amide bonds. The zero-order chi connectivity index (χ0) is 18.4. The van der Waals surface area contributed by atoms with E-state index in [9.17, 15) is 4.79 Å². The van der Waals surface area contributed by atoms with Crippen molar-refractivity contribution in [3.05, 3.63) is 88.9 Å². The molecule has 3 aromatic carbocycles. The predicted octanol–water partition coefficient (Wildman–Crippen LogP) is 5.89. The number of hydrogen-bond donors (Lipinski definition) is 1. The number of carbonyl (C=O) groups excluding carboxylic acids is 1. The highest BCUT2D eigenvalue weighted by Crippen LogP contribution is 2.26. The minimum Gasteiger partial charge on any atom is -0.495 e. The van der Waals surface area contributed by atoms with E-state index in [-0.39, 0.29) is 5.91 Å². The summed E-state index contributed by atoms with van der Waals surface area (Å²) in [5, 5.41) is 3.29. The van der Waals surface area contributed by atoms with Crippen LogP contribution in [0.2, 0.25) is 5.02 Å². The van der Waals surface area contributed by atoms with Crippen molar-refractivity contribution < 1.29 is 9.53 Å². The number of nitrogens with one attached hydrogen (secondary N) is 1. The van der Waals surface area contributed by atoms with E-state index in [1.807, 2.05) is 42.5 Å². The molecule has 0 unspecified atom stereocenters. The zero-order valence-electron chi connectivity index (χ0n) is 14.2. The van der Waals surface area contributed by atoms with Crippen LogP contribution in [-0.4, -0.2) is 13.0 Å². The smallest absolute Gasteiger partial charge is 0.255 e. The number of anilines is 1. The third-order valence-electron chi connectivity index (χ3n) is 3.77. The molecule has 0 fully saturated rings. The normalized spacial score (nSPS) is 10.4. The Morgan fingerprint density at radius 3 is 2.42 bits per heavy atom. The molecule has 0 aliphatic rings. The van der Waals surface area contributed by atoms with Gasteiger partial charge in [-0.05, 0) is 48.0 Å². The van der Waals surface area contributed by atoms with E-state index in [1.54, 1.807) is 37.1 Å². The first-order valence-electron chi connectivity index (χ1n) is 8.07. The van der Waals surface area contributed by atoms with Gasteiger partial charge in [-0.15, -0.1) is 11.8 Å². The second-order valence-electron chi connectivity index (χ2n) is 5.60. The maximum Gasteiger partial charge on any atom is 0.255 e. The molecule has 26 heavy (non-hydrogen) atoms. The highest BCUT2D eigenvalue weighted by Gasteiger charge is 2.09. The van der Waals surface area contributed by atoms with Crippen molar-refractivity contribution in [2.45, 2.75) is 10.6 Å². The molecule has 132 valence electrons. The number of halogens is 1. The SMILES string of the molecule is COc1ccc(C(=O)Nc2ccc(CSc3ccccc3)cc2)cc1Cl. The molecular formula is C21H18ClNO2S. The van der Waals surface area contributed by atoms with Crippen LogP contribution >= 0.6 is 23.4 Å². The van der Waals surface area contributed by atoms with Crippen molar-refractivity contribution in [1.29, 1.82) is 0 Å². The maximum absolute atomic E-state index is 12.3. The number of hydrogen-bond acceptors (Lipinski definition) is 3. The van der Waals surface area contributed by atoms with Crippen molar-refractivity contribution >= 4 is 35.0 Å². The molecule has 0 heterocycles. The van der Waals surface area contributed by atoms with Crippen LogP contribution in [0.15, 0.2) is 77.7 Å². The Balaban J connectivity index is 1.60. The number of thioether (sulfide) groups is 1. The molecule has 0 saturated carbocycles. The largest absolute Gasteiger partial charge is 0.495 e. The number of ether oxygens (including phenoxy) is 1. The molecule has 1 N–H and O–H groups in total. The van der Waals surface area contributed by atoms with Gasteiger partial charge in [-0.25, -0.2) is 0 Å². The Morgan fingerprint density at radius 1 is 1.04 bits per heavy atom. The Bertz CT molecular complexity index is 882. The van der Waals surface area contributed by atoms with Crippen LogP contribution in [-0.2, 0) is 5.75 Å². The Labute approximate surface area is 162 Å². The van der Waals surface area contributed by atoms with Gasteiger partial charge in [0, 0.05) is 21.9 Å². The third kappa shape index (κ3) is 4.81. The standard InChI is InChI=1S/C21H18ClNO2S/c1-25-20-12-9-16(13-19(20)22)21(24)23-17-10-7-15(8-11-17)14-26-18-5-3-2-4-6-18/h2-13H,14H2,1H3,(H,23,24). The van der Waals surface area contributed by atoms with E-state index < -0.39 is 0 Å². The summed E-state index contributed by atoms with van der Waals surface area (Å²) in [4.78, 5) is 13.6. The van der Waals surface area contributed by atoms with E-state index in [2.05, 4.69) is 17.4 Å². The van der Waals surface area contributed by atoms with E-state index >= 15 is 0 Å². The molecule has 3 aromatic rings. The summed E-state index contributed by atoms with van der Waals surface area (Å²) in [5.74, 6) is 1.22. The van der Waals surface area contributed by atoms with E-state index in [0.717, 1.165) is 11.4 Å². The van der Waals surface area contributed by atoms with Crippen molar-refractivity contribution in [3.63, 3.8) is 0 Å². The van der Waals surface area contributed by atoms with Crippen molar-refractivity contribution in [2.75, 3.05) is 12.4 Å². The lowest BCUT2D eigenvalue weighted by Crippen LogP contribution is -2.11. The van der Waals surface area contributed by atoms with Gasteiger partial charge in [0.2, 0.25) is 0 Å². The van der Waals surface area contributed by atoms with Crippen LogP contribution < -0.4 is 10.1 Å². The summed E-state index contributed by atoms with van der Waals surface area (Å²) in [6.45, 7) is 0. The van der Waals surface area contributed by atoms with Gasteiger partial charge >= 0.3 is 0 Å². The predicted molar refractivity (Wildman–Crippen MR) is 108 cm³/mol. The first-order chi connectivity index (χ1) is 12.7. The van der Waals surface area contributed by atoms with Gasteiger partial charge in [0.25, 0.3) is 5.91 Å². The average Bonchev–Trinajstić information content (AvgIpc) is 2.68. The fraction of sp³-hybridized carbons (Fsp3) is 0.0952. The van der Waals surface area contributed by atoms with Crippen LogP contribution in [0.3, 0.4) is 0 Å². The van der Waals surface area contributed by atoms with E-state index in [4.69, 9.17) is 16.3 Å². The number of rotatable bonds is 6. The first-order valence-corrected chi connectivity index (χ1v) is 9.44. The summed E-state index contributed by atoms with van der Waals surface area (Å²) in [7, 11) is 1.54. The lowest BCUT2D eigenvalue weighted by molar-refractivity contribution is 0.102. The lowest BCUT2D eigenvalue weighted by Gasteiger charge is -2.08. The summed E-state index contributed by atoms with van der Waals surface area (Å²) in [6.07, 6.45) is 0. The van der Waals surface area contributed by atoms with E-state index in [1.165, 1.54) is 10.5 Å². The Hall–Kier alpha value is -2.43. The minimum atomic E-state index is -0.207. The monoisotopic (exact) mass is 383 g/mol. The van der Waals surface area contributed by atoms with Crippen molar-refractivity contribution in [2.24, 2.45) is 0 Å². The second-order valence-corrected chi connectivity index (χ2v) is 7.06. The Kier molecular flexibility index (Phi) is 6.21. The van der Waals surface area contributed by atoms with Crippen molar-refractivity contribution in [1.82, 2.24) is 0 Å². The van der Waals surface area contributed by atoms with Gasteiger partial charge in [-0.3, -0.25) is 4.79 Å². The molecule has 0 radical (unpaired) electrons. The quantitative estimate of drug-likeness (QED) is 0.539. The second kappa shape index (κ2) is 8.79. The Morgan fingerprint density at radius 2 is 1.77 bits per heavy atom. The summed E-state index contributed by atoms with van der Waals surface area (Å²) in [6, 6.07) is 23.1. The van der Waals surface area contributed by atoms with Crippen LogP contribution in [0.5, 0.6) is 5.75 Å². The van der Waals surface area contributed by atoms with Crippen LogP contribution in [0.25, 0.3) is 0 Å². The molecule has 3 nitrogen and oxygen atoms in total. The first kappa shape index (κ1) is 18.4. The van der Waals surface area contributed by atoms with Gasteiger partial charge < -0.3 is 10.1 Å². The average molecular weight is 384 g/mol. The highest BCUT2D eigenvalue weighted by molar-refractivity contribution is 7.98.